The number of halogens is 3. The van der Waals surface area contributed by atoms with Crippen LogP contribution < -0.4 is 0 Å². The lowest BCUT2D eigenvalue weighted by molar-refractivity contribution is 0.447. The molecule has 0 N–H and O–H groups in total. The van der Waals surface area contributed by atoms with Gasteiger partial charge < -0.3 is 0 Å². The highest BCUT2D eigenvalue weighted by molar-refractivity contribution is 5.53. The third-order valence-corrected chi connectivity index (χ3v) is 2.44. The van der Waals surface area contributed by atoms with Crippen LogP contribution in [0.2, 0.25) is 0 Å². The normalized spacial score (nSPS) is 13.6. The Bertz CT molecular complexity index is 434. The molecule has 0 saturated carbocycles. The van der Waals surface area contributed by atoms with Crippen molar-refractivity contribution in [1.82, 2.24) is 0 Å². The lowest BCUT2D eigenvalue weighted by Gasteiger charge is -2.06. The molecule has 2 nitrogen and oxygen atoms in total. The molecule has 1 aromatic rings. The molecular formula is C12H12F3NO. The highest BCUT2D eigenvalue weighted by Crippen LogP contribution is 2.18. The van der Waals surface area contributed by atoms with Crippen molar-refractivity contribution in [3.8, 4) is 0 Å². The largest absolute Gasteiger partial charge is 0.204 e. The minimum Gasteiger partial charge on any atom is -0.204 e. The summed E-state index contributed by atoms with van der Waals surface area (Å²) in [5.74, 6) is -4.01. The zero-order valence-corrected chi connectivity index (χ0v) is 9.51. The molecule has 0 aliphatic rings. The molecule has 0 fully saturated rings. The van der Waals surface area contributed by atoms with E-state index in [1.165, 1.54) is 6.08 Å². The minimum atomic E-state index is -1.50. The van der Waals surface area contributed by atoms with E-state index in [-0.39, 0.29) is 5.56 Å². The maximum atomic E-state index is 12.9. The van der Waals surface area contributed by atoms with Crippen LogP contribution in [0.25, 0.3) is 6.08 Å². The van der Waals surface area contributed by atoms with Crippen molar-refractivity contribution in [2.24, 2.45) is 5.18 Å². The van der Waals surface area contributed by atoms with Crippen molar-refractivity contribution < 1.29 is 13.2 Å². The van der Waals surface area contributed by atoms with E-state index in [1.807, 2.05) is 0 Å². The van der Waals surface area contributed by atoms with Crippen molar-refractivity contribution in [1.29, 1.82) is 0 Å². The summed E-state index contributed by atoms with van der Waals surface area (Å²) in [5, 5.41) is 2.89. The van der Waals surface area contributed by atoms with Gasteiger partial charge in [0, 0.05) is 0 Å². The van der Waals surface area contributed by atoms with E-state index in [2.05, 4.69) is 5.18 Å². The van der Waals surface area contributed by atoms with Gasteiger partial charge in [-0.1, -0.05) is 18.2 Å². The molecule has 5 heteroatoms. The third kappa shape index (κ3) is 3.15. The number of hydrogen-bond acceptors (Lipinski definition) is 2. The van der Waals surface area contributed by atoms with E-state index in [0.717, 1.165) is 12.1 Å². The molecule has 1 aromatic carbocycles. The Morgan fingerprint density at radius 3 is 2.29 bits per heavy atom. The van der Waals surface area contributed by atoms with Gasteiger partial charge in [-0.3, -0.25) is 0 Å². The summed E-state index contributed by atoms with van der Waals surface area (Å²) in [5.41, 5.74) is 0.744. The Morgan fingerprint density at radius 1 is 1.35 bits per heavy atom. The fourth-order valence-corrected chi connectivity index (χ4v) is 1.50. The Balaban J connectivity index is 3.10. The van der Waals surface area contributed by atoms with Gasteiger partial charge in [0.1, 0.15) is 6.04 Å². The summed E-state index contributed by atoms with van der Waals surface area (Å²) in [4.78, 5) is 10.5. The lowest BCUT2D eigenvalue weighted by atomic mass is 10.0. The van der Waals surface area contributed by atoms with Gasteiger partial charge in [0.2, 0.25) is 0 Å². The minimum absolute atomic E-state index is 0.168. The summed E-state index contributed by atoms with van der Waals surface area (Å²) in [6.45, 7) is 3.41. The maximum Gasteiger partial charge on any atom is 0.194 e. The van der Waals surface area contributed by atoms with Crippen LogP contribution in [0.15, 0.2) is 22.9 Å². The van der Waals surface area contributed by atoms with Crippen molar-refractivity contribution in [3.05, 3.63) is 45.6 Å². The molecule has 0 heterocycles. The molecule has 0 aliphatic heterocycles. The van der Waals surface area contributed by atoms with Crippen LogP contribution in [0.5, 0.6) is 0 Å². The van der Waals surface area contributed by atoms with E-state index in [0.29, 0.717) is 12.0 Å². The second-order valence-electron chi connectivity index (χ2n) is 3.72. The topological polar surface area (TPSA) is 29.4 Å². The highest BCUT2D eigenvalue weighted by Gasteiger charge is 2.11. The molecule has 0 aliphatic carbocycles. The Labute approximate surface area is 97.1 Å². The molecule has 17 heavy (non-hydrogen) atoms. The van der Waals surface area contributed by atoms with Crippen LogP contribution in [0.3, 0.4) is 0 Å². The van der Waals surface area contributed by atoms with E-state index in [9.17, 15) is 18.1 Å². The SMILES string of the molecule is CCC(N=O)C(C)=Cc1cc(F)c(F)c(F)c1. The Hall–Kier alpha value is -1.65. The molecule has 0 saturated heterocycles. The number of rotatable bonds is 4. The molecule has 0 bridgehead atoms. The number of hydrogen-bond donors (Lipinski definition) is 0. The first-order chi connectivity index (χ1) is 7.99. The van der Waals surface area contributed by atoms with Gasteiger partial charge in [-0.25, -0.2) is 13.2 Å². The predicted molar refractivity (Wildman–Crippen MR) is 59.8 cm³/mol. The maximum absolute atomic E-state index is 12.9. The second kappa shape index (κ2) is 5.61. The molecule has 1 atom stereocenters. The van der Waals surface area contributed by atoms with Gasteiger partial charge >= 0.3 is 0 Å². The van der Waals surface area contributed by atoms with E-state index in [4.69, 9.17) is 0 Å². The standard InChI is InChI=1S/C12H12F3NO/c1-3-11(16-17)7(2)4-8-5-9(13)12(15)10(14)6-8/h4-6,11H,3H2,1-2H3. The molecule has 1 rings (SSSR count). The van der Waals surface area contributed by atoms with E-state index < -0.39 is 23.5 Å². The summed E-state index contributed by atoms with van der Waals surface area (Å²) in [6, 6.07) is 1.21. The van der Waals surface area contributed by atoms with Crippen LogP contribution in [-0.2, 0) is 0 Å². The van der Waals surface area contributed by atoms with Crippen LogP contribution in [0.4, 0.5) is 13.2 Å². The quantitative estimate of drug-likeness (QED) is 0.579. The van der Waals surface area contributed by atoms with E-state index >= 15 is 0 Å². The van der Waals surface area contributed by atoms with Gasteiger partial charge in [0.15, 0.2) is 17.5 Å². The molecule has 92 valence electrons. The molecule has 0 spiro atoms. The summed E-state index contributed by atoms with van der Waals surface area (Å²) in [7, 11) is 0. The number of nitrogens with zero attached hydrogens (tertiary/aromatic N) is 1. The Kier molecular flexibility index (Phi) is 4.43. The van der Waals surface area contributed by atoms with Crippen LogP contribution >= 0.6 is 0 Å². The van der Waals surface area contributed by atoms with E-state index in [1.54, 1.807) is 13.8 Å². The average Bonchev–Trinajstić information content (AvgIpc) is 2.27. The van der Waals surface area contributed by atoms with Crippen molar-refractivity contribution in [3.63, 3.8) is 0 Å². The first-order valence-electron chi connectivity index (χ1n) is 5.14. The second-order valence-corrected chi connectivity index (χ2v) is 3.72. The summed E-state index contributed by atoms with van der Waals surface area (Å²) < 4.78 is 38.6. The number of benzene rings is 1. The van der Waals surface area contributed by atoms with Crippen LogP contribution in [0.1, 0.15) is 25.8 Å². The Morgan fingerprint density at radius 2 is 1.88 bits per heavy atom. The zero-order valence-electron chi connectivity index (χ0n) is 9.51. The van der Waals surface area contributed by atoms with Crippen molar-refractivity contribution >= 4 is 6.08 Å². The van der Waals surface area contributed by atoms with Crippen LogP contribution in [0, 0.1) is 22.4 Å². The molecule has 0 radical (unpaired) electrons. The molecule has 0 amide bonds. The van der Waals surface area contributed by atoms with Gasteiger partial charge in [0.05, 0.1) is 0 Å². The monoisotopic (exact) mass is 243 g/mol. The lowest BCUT2D eigenvalue weighted by Crippen LogP contribution is -2.03. The number of nitroso groups, excluding NO2 is 1. The van der Waals surface area contributed by atoms with Crippen LogP contribution in [-0.4, -0.2) is 6.04 Å². The summed E-state index contributed by atoms with van der Waals surface area (Å²) >= 11 is 0. The van der Waals surface area contributed by atoms with Gasteiger partial charge in [-0.2, -0.15) is 4.91 Å². The predicted octanol–water partition coefficient (Wildman–Crippen LogP) is 4.05. The van der Waals surface area contributed by atoms with Gasteiger partial charge in [0.25, 0.3) is 0 Å². The average molecular weight is 243 g/mol. The first-order valence-corrected chi connectivity index (χ1v) is 5.14. The van der Waals surface area contributed by atoms with Crippen molar-refractivity contribution in [2.75, 3.05) is 0 Å². The zero-order chi connectivity index (χ0) is 13.0. The fourth-order valence-electron chi connectivity index (χ4n) is 1.50. The third-order valence-electron chi connectivity index (χ3n) is 2.44. The smallest absolute Gasteiger partial charge is 0.194 e. The van der Waals surface area contributed by atoms with Crippen molar-refractivity contribution in [2.45, 2.75) is 26.3 Å². The molecule has 1 unspecified atom stereocenters. The highest BCUT2D eigenvalue weighted by atomic mass is 19.2. The first kappa shape index (κ1) is 13.4. The fraction of sp³-hybridized carbons (Fsp3) is 0.333. The summed E-state index contributed by atoms with van der Waals surface area (Å²) in [6.07, 6.45) is 1.92. The molecule has 0 aromatic heterocycles. The van der Waals surface area contributed by atoms with Gasteiger partial charge in [-0.15, -0.1) is 0 Å². The van der Waals surface area contributed by atoms with Gasteiger partial charge in [-0.05, 0) is 36.6 Å². The molecular weight excluding hydrogens is 231 g/mol.